The summed E-state index contributed by atoms with van der Waals surface area (Å²) in [6.07, 6.45) is 1.52. The molecular weight excluding hydrogens is 540 g/mol. The molecule has 1 saturated heterocycles. The smallest absolute Gasteiger partial charge is 0.357 e. The van der Waals surface area contributed by atoms with Gasteiger partial charge in [0.15, 0.2) is 10.8 Å². The van der Waals surface area contributed by atoms with Crippen LogP contribution in [0.2, 0.25) is 0 Å². The number of thioether (sulfide) groups is 1. The van der Waals surface area contributed by atoms with E-state index >= 15 is 0 Å². The number of ether oxygens (including phenoxy) is 2. The molecule has 16 heteroatoms. The molecule has 2 aliphatic heterocycles. The van der Waals surface area contributed by atoms with E-state index < -0.39 is 59.3 Å². The predicted octanol–water partition coefficient (Wildman–Crippen LogP) is 0.153. The Kier molecular flexibility index (Phi) is 9.11. The Morgan fingerprint density at radius 3 is 2.63 bits per heavy atom. The number of rotatable bonds is 9. The Morgan fingerprint density at radius 1 is 1.29 bits per heavy atom. The number of amides is 3. The summed E-state index contributed by atoms with van der Waals surface area (Å²) in [6.45, 7) is 5.90. The normalized spacial score (nSPS) is 19.8. The molecule has 1 aromatic heterocycles. The molecule has 0 radical (unpaired) electrons. The zero-order chi connectivity index (χ0) is 28.2. The first-order chi connectivity index (χ1) is 17.8. The maximum absolute atomic E-state index is 13.0. The fraction of sp³-hybridized carbons (Fsp3) is 0.500. The zero-order valence-electron chi connectivity index (χ0n) is 21.3. The van der Waals surface area contributed by atoms with E-state index in [0.29, 0.717) is 5.75 Å². The van der Waals surface area contributed by atoms with Gasteiger partial charge in [-0.2, -0.15) is 0 Å². The first-order valence-electron chi connectivity index (χ1n) is 11.3. The second-order valence-electron chi connectivity index (χ2n) is 9.14. The molecule has 3 atom stereocenters. The van der Waals surface area contributed by atoms with E-state index in [1.165, 1.54) is 42.2 Å². The van der Waals surface area contributed by atoms with Gasteiger partial charge in [-0.3, -0.25) is 24.1 Å². The highest BCUT2D eigenvalue weighted by atomic mass is 32.2. The van der Waals surface area contributed by atoms with Crippen molar-refractivity contribution in [3.05, 3.63) is 22.8 Å². The van der Waals surface area contributed by atoms with Gasteiger partial charge in [0.25, 0.3) is 11.8 Å². The number of esters is 2. The maximum atomic E-state index is 13.0. The number of carbonyl (C=O) groups excluding carboxylic acids is 5. The van der Waals surface area contributed by atoms with E-state index in [2.05, 4.69) is 20.8 Å². The Bertz CT molecular complexity index is 1190. The highest BCUT2D eigenvalue weighted by Crippen LogP contribution is 2.38. The topological polar surface area (TPSA) is 192 Å². The predicted molar refractivity (Wildman–Crippen MR) is 138 cm³/mol. The standard InChI is InChI=1S/C22H28N6O8S2/c1-10(23)15(29)26-21-24-11(8-38-21)13(27-34-5)16(30)25-14-17(31)28-12(6-7-37-18(14)28)19(32)35-9-36-20(33)22(2,3)4/h6,8,10,14,18H,7,9,23H2,1-5H3,(H,25,30)(H,24,26,29)/b27-13-/t10-,14?,18+/m0/s1. The van der Waals surface area contributed by atoms with Gasteiger partial charge in [-0.1, -0.05) is 5.16 Å². The number of carbonyl (C=O) groups is 5. The number of oxime groups is 1. The van der Waals surface area contributed by atoms with Gasteiger partial charge >= 0.3 is 11.9 Å². The third-order valence-electron chi connectivity index (χ3n) is 5.12. The summed E-state index contributed by atoms with van der Waals surface area (Å²) >= 11 is 2.38. The van der Waals surface area contributed by atoms with Crippen molar-refractivity contribution in [3.63, 3.8) is 0 Å². The summed E-state index contributed by atoms with van der Waals surface area (Å²) < 4.78 is 9.96. The van der Waals surface area contributed by atoms with E-state index in [9.17, 15) is 24.0 Å². The lowest BCUT2D eigenvalue weighted by Gasteiger charge is -2.48. The Hall–Kier alpha value is -3.50. The molecule has 3 amide bonds. The zero-order valence-corrected chi connectivity index (χ0v) is 22.9. The fourth-order valence-electron chi connectivity index (χ4n) is 3.12. The van der Waals surface area contributed by atoms with Crippen molar-refractivity contribution in [2.75, 3.05) is 25.0 Å². The van der Waals surface area contributed by atoms with Crippen LogP contribution in [-0.4, -0.2) is 82.4 Å². The number of aromatic nitrogens is 1. The second-order valence-corrected chi connectivity index (χ2v) is 11.2. The summed E-state index contributed by atoms with van der Waals surface area (Å²) in [5.41, 5.74) is 4.67. The van der Waals surface area contributed by atoms with Gasteiger partial charge < -0.3 is 30.7 Å². The van der Waals surface area contributed by atoms with Crippen LogP contribution < -0.4 is 16.4 Å². The molecule has 0 aliphatic carbocycles. The summed E-state index contributed by atoms with van der Waals surface area (Å²) in [4.78, 5) is 72.2. The Morgan fingerprint density at radius 2 is 2.00 bits per heavy atom. The minimum absolute atomic E-state index is 0.00384. The number of thiazole rings is 1. The van der Waals surface area contributed by atoms with Crippen LogP contribution >= 0.6 is 23.1 Å². The number of fused-ring (bicyclic) bond motifs is 1. The number of nitrogens with zero attached hydrogens (tertiary/aromatic N) is 3. The highest BCUT2D eigenvalue weighted by Gasteiger charge is 2.53. The molecule has 14 nitrogen and oxygen atoms in total. The quantitative estimate of drug-likeness (QED) is 0.121. The molecule has 0 spiro atoms. The summed E-state index contributed by atoms with van der Waals surface area (Å²) in [5.74, 6) is -2.73. The van der Waals surface area contributed by atoms with Crippen LogP contribution in [0.5, 0.6) is 0 Å². The van der Waals surface area contributed by atoms with Crippen molar-refractivity contribution >= 4 is 63.6 Å². The minimum Gasteiger partial charge on any atom is -0.427 e. The van der Waals surface area contributed by atoms with Crippen LogP contribution in [0.4, 0.5) is 5.13 Å². The molecule has 2 aliphatic rings. The summed E-state index contributed by atoms with van der Waals surface area (Å²) in [7, 11) is 1.24. The van der Waals surface area contributed by atoms with Crippen molar-refractivity contribution in [1.29, 1.82) is 0 Å². The lowest BCUT2D eigenvalue weighted by atomic mass is 9.98. The molecule has 3 heterocycles. The summed E-state index contributed by atoms with van der Waals surface area (Å²) in [6, 6.07) is -1.71. The number of hydrogen-bond donors (Lipinski definition) is 3. The van der Waals surface area contributed by atoms with Gasteiger partial charge in [-0.05, 0) is 33.8 Å². The molecule has 0 saturated carbocycles. The highest BCUT2D eigenvalue weighted by molar-refractivity contribution is 8.00. The molecule has 1 unspecified atom stereocenters. The van der Waals surface area contributed by atoms with Crippen LogP contribution in [0, 0.1) is 5.41 Å². The Balaban J connectivity index is 1.62. The van der Waals surface area contributed by atoms with Gasteiger partial charge in [0.1, 0.15) is 29.9 Å². The van der Waals surface area contributed by atoms with E-state index in [4.69, 9.17) is 20.0 Å². The molecule has 38 heavy (non-hydrogen) atoms. The molecule has 0 bridgehead atoms. The van der Waals surface area contributed by atoms with Gasteiger partial charge in [-0.25, -0.2) is 9.78 Å². The Labute approximate surface area is 226 Å². The first-order valence-corrected chi connectivity index (χ1v) is 13.2. The van der Waals surface area contributed by atoms with Crippen LogP contribution in [0.15, 0.2) is 22.3 Å². The fourth-order valence-corrected chi connectivity index (χ4v) is 5.01. The largest absolute Gasteiger partial charge is 0.427 e. The first kappa shape index (κ1) is 29.1. The lowest BCUT2D eigenvalue weighted by Crippen LogP contribution is -2.70. The molecule has 3 rings (SSSR count). The number of anilines is 1. The van der Waals surface area contributed by atoms with Crippen LogP contribution in [0.25, 0.3) is 0 Å². The monoisotopic (exact) mass is 568 g/mol. The van der Waals surface area contributed by atoms with Gasteiger partial charge in [0.2, 0.25) is 12.7 Å². The van der Waals surface area contributed by atoms with Crippen molar-refractivity contribution < 1.29 is 38.3 Å². The van der Waals surface area contributed by atoms with Crippen LogP contribution in [-0.2, 0) is 38.3 Å². The van der Waals surface area contributed by atoms with Crippen molar-refractivity contribution in [2.45, 2.75) is 45.2 Å². The van der Waals surface area contributed by atoms with E-state index in [-0.39, 0.29) is 22.2 Å². The van der Waals surface area contributed by atoms with Gasteiger partial charge in [0, 0.05) is 11.1 Å². The number of hydrogen-bond acceptors (Lipinski definition) is 13. The average Bonchev–Trinajstić information content (AvgIpc) is 3.31. The SMILES string of the molecule is CO/N=C(\C(=O)NC1C(=O)N2C(C(=O)OCOC(=O)C(C)(C)C)=CCS[C@H]12)c1csc(NC(=O)[C@H](C)N)n1. The molecule has 206 valence electrons. The third kappa shape index (κ3) is 6.49. The molecule has 1 aromatic rings. The number of nitrogens with two attached hydrogens (primary N) is 1. The minimum atomic E-state index is -0.958. The van der Waals surface area contributed by atoms with E-state index in [1.807, 2.05) is 0 Å². The van der Waals surface area contributed by atoms with E-state index in [0.717, 1.165) is 11.3 Å². The van der Waals surface area contributed by atoms with Gasteiger partial charge in [0.05, 0.1) is 11.5 Å². The average molecular weight is 569 g/mol. The number of β-lactam (4-membered cyclic amide) rings is 1. The summed E-state index contributed by atoms with van der Waals surface area (Å²) in [5, 5.41) is 9.96. The van der Waals surface area contributed by atoms with Crippen LogP contribution in [0.1, 0.15) is 33.4 Å². The third-order valence-corrected chi connectivity index (χ3v) is 7.06. The molecular formula is C22H28N6O8S2. The van der Waals surface area contributed by atoms with E-state index in [1.54, 1.807) is 20.8 Å². The second kappa shape index (κ2) is 11.9. The van der Waals surface area contributed by atoms with Gasteiger partial charge in [-0.15, -0.1) is 23.1 Å². The maximum Gasteiger partial charge on any atom is 0.357 e. The van der Waals surface area contributed by atoms with Crippen molar-refractivity contribution in [2.24, 2.45) is 16.3 Å². The van der Waals surface area contributed by atoms with Crippen molar-refractivity contribution in [3.8, 4) is 0 Å². The van der Waals surface area contributed by atoms with Crippen molar-refractivity contribution in [1.82, 2.24) is 15.2 Å². The van der Waals surface area contributed by atoms with Crippen LogP contribution in [0.3, 0.4) is 0 Å². The lowest BCUT2D eigenvalue weighted by molar-refractivity contribution is -0.173. The molecule has 1 fully saturated rings. The molecule has 0 aromatic carbocycles. The number of nitrogens with one attached hydrogen (secondary N) is 2. The molecule has 4 N–H and O–H groups in total.